The minimum atomic E-state index is -4.14. The van der Waals surface area contributed by atoms with Crippen molar-refractivity contribution >= 4 is 43.2 Å². The van der Waals surface area contributed by atoms with Crippen molar-refractivity contribution in [2.45, 2.75) is 53.6 Å². The molecule has 0 saturated carbocycles. The first-order valence-electron chi connectivity index (χ1n) is 15.7. The largest absolute Gasteiger partial charge is 0.465 e. The molecule has 0 N–H and O–H groups in total. The minimum absolute atomic E-state index is 0.0658. The molecule has 0 aliphatic carbocycles. The third-order valence-corrected chi connectivity index (χ3v) is 12.9. The molecule has 12 heteroatoms. The Morgan fingerprint density at radius 1 is 0.771 bits per heavy atom. The summed E-state index contributed by atoms with van der Waals surface area (Å²) in [4.78, 5) is 27.4. The van der Waals surface area contributed by atoms with E-state index in [1.807, 2.05) is 71.9 Å². The molecule has 0 radical (unpaired) electrons. The first-order valence-corrected chi connectivity index (χ1v) is 18.9. The van der Waals surface area contributed by atoms with E-state index in [4.69, 9.17) is 27.6 Å². The second-order valence-corrected chi connectivity index (χ2v) is 18.3. The highest BCUT2D eigenvalue weighted by Gasteiger charge is 2.47. The Bertz CT molecular complexity index is 1850. The van der Waals surface area contributed by atoms with Crippen LogP contribution in [-0.4, -0.2) is 52.6 Å². The lowest BCUT2D eigenvalue weighted by Crippen LogP contribution is -2.34. The predicted octanol–water partition coefficient (Wildman–Crippen LogP) is 8.03. The van der Waals surface area contributed by atoms with Crippen molar-refractivity contribution in [2.75, 3.05) is 40.6 Å². The summed E-state index contributed by atoms with van der Waals surface area (Å²) < 4.78 is 64.2. The maximum atomic E-state index is 14.9. The van der Waals surface area contributed by atoms with E-state index < -0.39 is 38.2 Å². The standard InChI is InChI=1S/C36H44O10P2/c1-22-10-13-25(14-11-22)31(47(39)43-18-35(4,5)19-44-47)24(3)17-28-30(34(38)42-9)29(33(37)41-8)27-16-23(2)12-15-26(27)32(28)48(40)45-20-36(6,7)21-46-48/h10-16,31H,3,17-21H2,1-2,4-9H3. The summed E-state index contributed by atoms with van der Waals surface area (Å²) in [6, 6.07) is 12.7. The van der Waals surface area contributed by atoms with Gasteiger partial charge in [0.2, 0.25) is 0 Å². The van der Waals surface area contributed by atoms with Crippen LogP contribution in [0.3, 0.4) is 0 Å². The Labute approximate surface area is 282 Å². The van der Waals surface area contributed by atoms with Crippen LogP contribution in [0.15, 0.2) is 54.6 Å². The Morgan fingerprint density at radius 2 is 1.27 bits per heavy atom. The first-order chi connectivity index (χ1) is 22.4. The van der Waals surface area contributed by atoms with Gasteiger partial charge in [-0.05, 0) is 42.2 Å². The summed E-state index contributed by atoms with van der Waals surface area (Å²) in [7, 11) is -5.63. The van der Waals surface area contributed by atoms with Crippen LogP contribution in [0.1, 0.15) is 76.3 Å². The SMILES string of the molecule is C=C(Cc1c(C(=O)OC)c(C(=O)OC)c2cc(C)ccc2c1P1(=O)OCC(C)(C)CO1)C(c1ccc(C)cc1)P1(=O)OCC(C)(C)CO1. The van der Waals surface area contributed by atoms with Gasteiger partial charge in [-0.15, -0.1) is 0 Å². The zero-order chi connectivity index (χ0) is 35.2. The normalized spacial score (nSPS) is 20.1. The van der Waals surface area contributed by atoms with Crippen molar-refractivity contribution in [2.24, 2.45) is 10.8 Å². The highest BCUT2D eigenvalue weighted by molar-refractivity contribution is 7.63. The minimum Gasteiger partial charge on any atom is -0.465 e. The van der Waals surface area contributed by atoms with Crippen LogP contribution in [0.5, 0.6) is 0 Å². The van der Waals surface area contributed by atoms with Crippen molar-refractivity contribution in [1.82, 2.24) is 0 Å². The lowest BCUT2D eigenvalue weighted by Gasteiger charge is -2.38. The maximum absolute atomic E-state index is 14.9. The lowest BCUT2D eigenvalue weighted by molar-refractivity contribution is 0.0389. The van der Waals surface area contributed by atoms with Gasteiger partial charge in [-0.3, -0.25) is 9.13 Å². The van der Waals surface area contributed by atoms with Crippen LogP contribution in [0.2, 0.25) is 0 Å². The van der Waals surface area contributed by atoms with Crippen LogP contribution in [0.25, 0.3) is 10.8 Å². The number of carbonyl (C=O) groups is 2. The molecule has 1 atom stereocenters. The van der Waals surface area contributed by atoms with Crippen molar-refractivity contribution in [3.05, 3.63) is 88.0 Å². The summed E-state index contributed by atoms with van der Waals surface area (Å²) >= 11 is 0. The molecule has 2 heterocycles. The molecule has 3 aromatic carbocycles. The molecule has 5 rings (SSSR count). The molecule has 10 nitrogen and oxygen atoms in total. The van der Waals surface area contributed by atoms with Gasteiger partial charge in [-0.25, -0.2) is 9.59 Å². The molecule has 2 saturated heterocycles. The average Bonchev–Trinajstić information content (AvgIpc) is 3.04. The molecule has 0 amide bonds. The Hall–Kier alpha value is -3.10. The number of rotatable bonds is 8. The Balaban J connectivity index is 1.81. The molecule has 1 unspecified atom stereocenters. The highest BCUT2D eigenvalue weighted by Crippen LogP contribution is 2.67. The molecule has 0 spiro atoms. The topological polar surface area (TPSA) is 124 Å². The molecule has 0 bridgehead atoms. The fraction of sp³-hybridized carbons (Fsp3) is 0.444. The van der Waals surface area contributed by atoms with Crippen molar-refractivity contribution in [3.63, 3.8) is 0 Å². The van der Waals surface area contributed by atoms with Crippen molar-refractivity contribution in [3.8, 4) is 0 Å². The summed E-state index contributed by atoms with van der Waals surface area (Å²) in [5.41, 5.74) is 0.851. The van der Waals surface area contributed by atoms with Crippen LogP contribution >= 0.6 is 15.2 Å². The fourth-order valence-electron chi connectivity index (χ4n) is 5.96. The van der Waals surface area contributed by atoms with Crippen molar-refractivity contribution < 1.29 is 46.3 Å². The molecular weight excluding hydrogens is 654 g/mol. The van der Waals surface area contributed by atoms with E-state index in [2.05, 4.69) is 6.58 Å². The number of hydrogen-bond acceptors (Lipinski definition) is 10. The van der Waals surface area contributed by atoms with Gasteiger partial charge in [0.25, 0.3) is 0 Å². The third kappa shape index (κ3) is 6.98. The number of hydrogen-bond donors (Lipinski definition) is 0. The van der Waals surface area contributed by atoms with E-state index in [9.17, 15) is 18.7 Å². The van der Waals surface area contributed by atoms with E-state index in [0.717, 1.165) is 11.1 Å². The molecule has 2 aliphatic rings. The smallest absolute Gasteiger partial charge is 0.362 e. The Morgan fingerprint density at radius 3 is 1.81 bits per heavy atom. The second kappa shape index (κ2) is 13.3. The quantitative estimate of drug-likeness (QED) is 0.130. The van der Waals surface area contributed by atoms with Gasteiger partial charge in [-0.2, -0.15) is 0 Å². The molecule has 2 aliphatic heterocycles. The maximum Gasteiger partial charge on any atom is 0.362 e. The number of ether oxygens (including phenoxy) is 2. The van der Waals surface area contributed by atoms with Crippen LogP contribution in [-0.2, 0) is 43.1 Å². The molecular formula is C36H44O10P2. The van der Waals surface area contributed by atoms with Crippen LogP contribution in [0, 0.1) is 24.7 Å². The zero-order valence-electron chi connectivity index (χ0n) is 28.8. The van der Waals surface area contributed by atoms with E-state index in [1.165, 1.54) is 14.2 Å². The number of methoxy groups -OCH3 is 2. The van der Waals surface area contributed by atoms with E-state index >= 15 is 0 Å². The van der Waals surface area contributed by atoms with Gasteiger partial charge < -0.3 is 27.6 Å². The number of benzene rings is 3. The summed E-state index contributed by atoms with van der Waals surface area (Å²) in [6.45, 7) is 16.5. The highest BCUT2D eigenvalue weighted by atomic mass is 31.2. The second-order valence-electron chi connectivity index (χ2n) is 14.2. The molecule has 0 aromatic heterocycles. The average molecular weight is 699 g/mol. The lowest BCUT2D eigenvalue weighted by atomic mass is 9.88. The zero-order valence-corrected chi connectivity index (χ0v) is 30.6. The molecule has 48 heavy (non-hydrogen) atoms. The fourth-order valence-corrected chi connectivity index (χ4v) is 10.9. The van der Waals surface area contributed by atoms with Crippen molar-refractivity contribution in [1.29, 1.82) is 0 Å². The molecule has 2 fully saturated rings. The number of esters is 2. The van der Waals surface area contributed by atoms with Gasteiger partial charge in [0, 0.05) is 10.8 Å². The predicted molar refractivity (Wildman–Crippen MR) is 184 cm³/mol. The van der Waals surface area contributed by atoms with Gasteiger partial charge in [-0.1, -0.05) is 93.4 Å². The molecule has 258 valence electrons. The number of fused-ring (bicyclic) bond motifs is 1. The summed E-state index contributed by atoms with van der Waals surface area (Å²) in [5, 5.41) is 0.808. The van der Waals surface area contributed by atoms with Crippen LogP contribution < -0.4 is 5.30 Å². The number of aryl methyl sites for hydroxylation is 2. The van der Waals surface area contributed by atoms with Gasteiger partial charge in [0.1, 0.15) is 5.66 Å². The van der Waals surface area contributed by atoms with Gasteiger partial charge in [0.05, 0.1) is 57.1 Å². The number of allylic oxidation sites excluding steroid dienone is 1. The summed E-state index contributed by atoms with van der Waals surface area (Å²) in [6.07, 6.45) is -0.188. The molecule has 3 aromatic rings. The first kappa shape index (κ1) is 36.2. The monoisotopic (exact) mass is 698 g/mol. The van der Waals surface area contributed by atoms with E-state index in [-0.39, 0.29) is 60.3 Å². The van der Waals surface area contributed by atoms with Gasteiger partial charge in [0.15, 0.2) is 0 Å². The van der Waals surface area contributed by atoms with E-state index in [1.54, 1.807) is 12.1 Å². The number of carbonyl (C=O) groups excluding carboxylic acids is 2. The van der Waals surface area contributed by atoms with Crippen LogP contribution in [0.4, 0.5) is 0 Å². The third-order valence-electron chi connectivity index (χ3n) is 8.61. The summed E-state index contributed by atoms with van der Waals surface area (Å²) in [5.74, 6) is -1.66. The van der Waals surface area contributed by atoms with Gasteiger partial charge >= 0.3 is 27.1 Å². The van der Waals surface area contributed by atoms with E-state index in [0.29, 0.717) is 21.9 Å². The Kier molecular flexibility index (Phi) is 10.0.